The molecule has 0 radical (unpaired) electrons. The summed E-state index contributed by atoms with van der Waals surface area (Å²) < 4.78 is 0. The molecule has 2 heterocycles. The number of aromatic nitrogens is 2. The van der Waals surface area contributed by atoms with E-state index in [1.165, 1.54) is 24.9 Å². The second-order valence-corrected chi connectivity index (χ2v) is 5.65. The predicted molar refractivity (Wildman–Crippen MR) is 95.7 cm³/mol. The zero-order valence-corrected chi connectivity index (χ0v) is 13.5. The van der Waals surface area contributed by atoms with Gasteiger partial charge in [-0.1, -0.05) is 6.08 Å². The first-order valence-corrected chi connectivity index (χ1v) is 8.09. The summed E-state index contributed by atoms with van der Waals surface area (Å²) in [5.74, 6) is 0.340. The van der Waals surface area contributed by atoms with Gasteiger partial charge in [0.1, 0.15) is 17.8 Å². The average molecular weight is 323 g/mol. The third kappa shape index (κ3) is 3.90. The summed E-state index contributed by atoms with van der Waals surface area (Å²) in [5.41, 5.74) is 2.49. The van der Waals surface area contributed by atoms with Gasteiger partial charge in [0.25, 0.3) is 5.91 Å². The molecule has 124 valence electrons. The van der Waals surface area contributed by atoms with Crippen molar-refractivity contribution in [2.75, 3.05) is 29.9 Å². The van der Waals surface area contributed by atoms with Crippen LogP contribution in [0, 0.1) is 0 Å². The van der Waals surface area contributed by atoms with Crippen molar-refractivity contribution in [1.29, 1.82) is 0 Å². The first kappa shape index (κ1) is 16.0. The summed E-state index contributed by atoms with van der Waals surface area (Å²) in [7, 11) is 0. The van der Waals surface area contributed by atoms with Crippen LogP contribution in [-0.4, -0.2) is 35.5 Å². The quantitative estimate of drug-likeness (QED) is 0.800. The maximum Gasteiger partial charge on any atom is 0.270 e. The SMILES string of the molecule is C=CCNC(=O)c1cc(Nc2ccc(N3CCCC3)cc2)ncn1. The molecule has 1 aliphatic heterocycles. The summed E-state index contributed by atoms with van der Waals surface area (Å²) in [5, 5.41) is 5.90. The largest absolute Gasteiger partial charge is 0.372 e. The average Bonchev–Trinajstić information content (AvgIpc) is 3.15. The molecule has 1 amide bonds. The van der Waals surface area contributed by atoms with Gasteiger partial charge in [0.05, 0.1) is 0 Å². The van der Waals surface area contributed by atoms with Crippen LogP contribution in [0.4, 0.5) is 17.2 Å². The minimum atomic E-state index is -0.246. The molecule has 6 nitrogen and oxygen atoms in total. The van der Waals surface area contributed by atoms with E-state index in [2.05, 4.69) is 44.2 Å². The number of hydrogen-bond acceptors (Lipinski definition) is 5. The number of benzene rings is 1. The molecule has 0 aliphatic carbocycles. The van der Waals surface area contributed by atoms with Crippen LogP contribution >= 0.6 is 0 Å². The van der Waals surface area contributed by atoms with Gasteiger partial charge in [0.2, 0.25) is 0 Å². The predicted octanol–water partition coefficient (Wildman–Crippen LogP) is 2.74. The van der Waals surface area contributed by atoms with Crippen molar-refractivity contribution in [2.24, 2.45) is 0 Å². The number of carbonyl (C=O) groups is 1. The van der Waals surface area contributed by atoms with Crippen molar-refractivity contribution in [3.63, 3.8) is 0 Å². The molecule has 0 saturated carbocycles. The van der Waals surface area contributed by atoms with Crippen molar-refractivity contribution in [3.8, 4) is 0 Å². The minimum absolute atomic E-state index is 0.246. The fraction of sp³-hybridized carbons (Fsp3) is 0.278. The normalized spacial score (nSPS) is 13.6. The summed E-state index contributed by atoms with van der Waals surface area (Å²) in [6.45, 7) is 6.23. The summed E-state index contributed by atoms with van der Waals surface area (Å²) in [6, 6.07) is 9.88. The van der Waals surface area contributed by atoms with Crippen molar-refractivity contribution in [1.82, 2.24) is 15.3 Å². The molecule has 0 unspecified atom stereocenters. The van der Waals surface area contributed by atoms with Crippen LogP contribution in [0.5, 0.6) is 0 Å². The van der Waals surface area contributed by atoms with E-state index in [9.17, 15) is 4.79 Å². The van der Waals surface area contributed by atoms with Gasteiger partial charge in [-0.25, -0.2) is 9.97 Å². The van der Waals surface area contributed by atoms with Gasteiger partial charge in [0, 0.05) is 37.1 Å². The molecule has 1 aromatic heterocycles. The molecule has 2 N–H and O–H groups in total. The van der Waals surface area contributed by atoms with E-state index >= 15 is 0 Å². The molecule has 1 fully saturated rings. The third-order valence-electron chi connectivity index (χ3n) is 3.92. The zero-order valence-electron chi connectivity index (χ0n) is 13.5. The Morgan fingerprint density at radius 2 is 1.96 bits per heavy atom. The van der Waals surface area contributed by atoms with Crippen LogP contribution in [0.1, 0.15) is 23.3 Å². The van der Waals surface area contributed by atoms with E-state index in [-0.39, 0.29) is 5.91 Å². The molecular weight excluding hydrogens is 302 g/mol. The fourth-order valence-electron chi connectivity index (χ4n) is 2.68. The second kappa shape index (κ2) is 7.59. The standard InChI is InChI=1S/C18H21N5O/c1-2-9-19-18(24)16-12-17(21-13-20-16)22-14-5-7-15(8-6-14)23-10-3-4-11-23/h2,5-8,12-13H,1,3-4,9-11H2,(H,19,24)(H,20,21,22). The third-order valence-corrected chi connectivity index (χ3v) is 3.92. The molecule has 0 spiro atoms. The van der Waals surface area contributed by atoms with Crippen molar-refractivity contribution < 1.29 is 4.79 Å². The van der Waals surface area contributed by atoms with E-state index in [1.54, 1.807) is 12.1 Å². The highest BCUT2D eigenvalue weighted by molar-refractivity contribution is 5.93. The molecule has 2 aromatic rings. The van der Waals surface area contributed by atoms with E-state index in [1.807, 2.05) is 12.1 Å². The maximum atomic E-state index is 11.9. The van der Waals surface area contributed by atoms with Crippen molar-refractivity contribution in [3.05, 3.63) is 55.0 Å². The number of rotatable bonds is 6. The number of anilines is 3. The summed E-state index contributed by atoms with van der Waals surface area (Å²) in [6.07, 6.45) is 5.53. The number of hydrogen-bond donors (Lipinski definition) is 2. The lowest BCUT2D eigenvalue weighted by atomic mass is 10.2. The van der Waals surface area contributed by atoms with Crippen molar-refractivity contribution >= 4 is 23.1 Å². The van der Waals surface area contributed by atoms with Gasteiger partial charge in [-0.3, -0.25) is 4.79 Å². The molecule has 6 heteroatoms. The Labute approximate surface area is 141 Å². The molecule has 1 aliphatic rings. The van der Waals surface area contributed by atoms with Crippen LogP contribution in [0.2, 0.25) is 0 Å². The Morgan fingerprint density at radius 3 is 2.67 bits per heavy atom. The minimum Gasteiger partial charge on any atom is -0.372 e. The van der Waals surface area contributed by atoms with E-state index < -0.39 is 0 Å². The first-order valence-electron chi connectivity index (χ1n) is 8.09. The van der Waals surface area contributed by atoms with Crippen LogP contribution in [0.15, 0.2) is 49.3 Å². The number of amides is 1. The van der Waals surface area contributed by atoms with Gasteiger partial charge in [-0.15, -0.1) is 6.58 Å². The Hall–Kier alpha value is -2.89. The topological polar surface area (TPSA) is 70.2 Å². The lowest BCUT2D eigenvalue weighted by molar-refractivity contribution is 0.0953. The molecule has 24 heavy (non-hydrogen) atoms. The van der Waals surface area contributed by atoms with E-state index in [4.69, 9.17) is 0 Å². The second-order valence-electron chi connectivity index (χ2n) is 5.65. The Bertz CT molecular complexity index is 708. The number of carbonyl (C=O) groups excluding carboxylic acids is 1. The summed E-state index contributed by atoms with van der Waals surface area (Å²) >= 11 is 0. The Morgan fingerprint density at radius 1 is 1.21 bits per heavy atom. The van der Waals surface area contributed by atoms with Crippen LogP contribution < -0.4 is 15.5 Å². The van der Waals surface area contributed by atoms with Crippen molar-refractivity contribution in [2.45, 2.75) is 12.8 Å². The zero-order chi connectivity index (χ0) is 16.8. The summed E-state index contributed by atoms with van der Waals surface area (Å²) in [4.78, 5) is 22.5. The first-order chi connectivity index (χ1) is 11.8. The molecule has 3 rings (SSSR count). The molecular formula is C18H21N5O. The number of nitrogens with one attached hydrogen (secondary N) is 2. The lowest BCUT2D eigenvalue weighted by Gasteiger charge is -2.17. The van der Waals surface area contributed by atoms with Crippen LogP contribution in [0.3, 0.4) is 0 Å². The van der Waals surface area contributed by atoms with Gasteiger partial charge in [-0.2, -0.15) is 0 Å². The smallest absolute Gasteiger partial charge is 0.270 e. The fourth-order valence-corrected chi connectivity index (χ4v) is 2.68. The number of nitrogens with zero attached hydrogens (tertiary/aromatic N) is 3. The van der Waals surface area contributed by atoms with Gasteiger partial charge in [0.15, 0.2) is 0 Å². The maximum absolute atomic E-state index is 11.9. The highest BCUT2D eigenvalue weighted by Gasteiger charge is 2.12. The Balaban J connectivity index is 1.67. The van der Waals surface area contributed by atoms with E-state index in [0.717, 1.165) is 18.8 Å². The van der Waals surface area contributed by atoms with Gasteiger partial charge >= 0.3 is 0 Å². The molecule has 0 atom stereocenters. The van der Waals surface area contributed by atoms with Gasteiger partial charge in [-0.05, 0) is 37.1 Å². The Kier molecular flexibility index (Phi) is 5.05. The van der Waals surface area contributed by atoms with Crippen LogP contribution in [0.25, 0.3) is 0 Å². The van der Waals surface area contributed by atoms with Gasteiger partial charge < -0.3 is 15.5 Å². The molecule has 1 saturated heterocycles. The highest BCUT2D eigenvalue weighted by atomic mass is 16.1. The lowest BCUT2D eigenvalue weighted by Crippen LogP contribution is -2.24. The molecule has 0 bridgehead atoms. The van der Waals surface area contributed by atoms with E-state index in [0.29, 0.717) is 18.1 Å². The van der Waals surface area contributed by atoms with Crippen LogP contribution in [-0.2, 0) is 0 Å². The monoisotopic (exact) mass is 323 g/mol. The molecule has 1 aromatic carbocycles. The highest BCUT2D eigenvalue weighted by Crippen LogP contribution is 2.23.